The van der Waals surface area contributed by atoms with Crippen LogP contribution in [0.1, 0.15) is 25.3 Å². The van der Waals surface area contributed by atoms with Crippen molar-refractivity contribution in [3.05, 3.63) is 29.8 Å². The summed E-state index contributed by atoms with van der Waals surface area (Å²) < 4.78 is 11.2. The van der Waals surface area contributed by atoms with Crippen LogP contribution in [0.15, 0.2) is 29.3 Å². The lowest BCUT2D eigenvalue weighted by Gasteiger charge is -2.23. The summed E-state index contributed by atoms with van der Waals surface area (Å²) in [5, 5.41) is 6.72. The molecule has 2 rings (SSSR count). The quantitative estimate of drug-likeness (QED) is 0.466. The molecule has 1 atom stereocenters. The van der Waals surface area contributed by atoms with Crippen molar-refractivity contribution < 1.29 is 9.47 Å². The molecule has 0 aliphatic heterocycles. The molecule has 26 heavy (non-hydrogen) atoms. The Morgan fingerprint density at radius 3 is 2.77 bits per heavy atom. The summed E-state index contributed by atoms with van der Waals surface area (Å²) in [5.74, 6) is 1.72. The van der Waals surface area contributed by atoms with Crippen molar-refractivity contribution in [2.24, 2.45) is 4.99 Å². The van der Waals surface area contributed by atoms with Crippen molar-refractivity contribution in [2.75, 3.05) is 46.9 Å². The number of methoxy groups -OCH3 is 1. The Morgan fingerprint density at radius 2 is 2.12 bits per heavy atom. The molecule has 0 aromatic heterocycles. The van der Waals surface area contributed by atoms with Crippen LogP contribution in [0.4, 0.5) is 0 Å². The number of aliphatic imine (C=N–C) groups is 1. The number of ether oxygens (including phenoxy) is 2. The van der Waals surface area contributed by atoms with Crippen molar-refractivity contribution in [1.29, 1.82) is 0 Å². The SMILES string of the molecule is CN=C(NCCN(CCOC)C1CC1)NCC(C)Oc1cccc(C)c1. The van der Waals surface area contributed by atoms with Crippen LogP contribution < -0.4 is 15.4 Å². The highest BCUT2D eigenvalue weighted by atomic mass is 16.5. The smallest absolute Gasteiger partial charge is 0.191 e. The van der Waals surface area contributed by atoms with E-state index >= 15 is 0 Å². The second-order valence-electron chi connectivity index (χ2n) is 6.88. The van der Waals surface area contributed by atoms with E-state index in [1.807, 2.05) is 12.1 Å². The first-order valence-electron chi connectivity index (χ1n) is 9.53. The van der Waals surface area contributed by atoms with Crippen LogP contribution in [0.2, 0.25) is 0 Å². The maximum Gasteiger partial charge on any atom is 0.191 e. The van der Waals surface area contributed by atoms with Gasteiger partial charge in [-0.1, -0.05) is 12.1 Å². The second kappa shape index (κ2) is 11.0. The van der Waals surface area contributed by atoms with Crippen LogP contribution in [0.5, 0.6) is 5.75 Å². The first kappa shape index (κ1) is 20.5. The van der Waals surface area contributed by atoms with Crippen molar-refractivity contribution in [3.8, 4) is 5.75 Å². The molecular formula is C20H34N4O2. The fourth-order valence-corrected chi connectivity index (χ4v) is 2.87. The molecule has 0 bridgehead atoms. The lowest BCUT2D eigenvalue weighted by molar-refractivity contribution is 0.144. The minimum absolute atomic E-state index is 0.0556. The predicted molar refractivity (Wildman–Crippen MR) is 107 cm³/mol. The van der Waals surface area contributed by atoms with Crippen molar-refractivity contribution in [2.45, 2.75) is 38.8 Å². The molecule has 0 saturated heterocycles. The molecule has 0 amide bonds. The van der Waals surface area contributed by atoms with E-state index in [-0.39, 0.29) is 6.10 Å². The van der Waals surface area contributed by atoms with Gasteiger partial charge in [0, 0.05) is 39.8 Å². The Balaban J connectivity index is 1.66. The Bertz CT molecular complexity index is 560. The standard InChI is InChI=1S/C20H34N4O2/c1-16-6-5-7-19(14-16)26-17(2)15-23-20(21-3)22-10-11-24(12-13-25-4)18-8-9-18/h5-7,14,17-18H,8-13,15H2,1-4H3,(H2,21,22,23). The Hall–Kier alpha value is -1.79. The zero-order valence-corrected chi connectivity index (χ0v) is 16.6. The highest BCUT2D eigenvalue weighted by Crippen LogP contribution is 2.25. The van der Waals surface area contributed by atoms with Crippen LogP contribution in [-0.4, -0.2) is 69.9 Å². The lowest BCUT2D eigenvalue weighted by atomic mass is 10.2. The van der Waals surface area contributed by atoms with Gasteiger partial charge in [0.05, 0.1) is 13.2 Å². The van der Waals surface area contributed by atoms with Gasteiger partial charge in [0.2, 0.25) is 0 Å². The minimum atomic E-state index is 0.0556. The third kappa shape index (κ3) is 7.62. The van der Waals surface area contributed by atoms with Gasteiger partial charge in [-0.15, -0.1) is 0 Å². The molecule has 1 fully saturated rings. The lowest BCUT2D eigenvalue weighted by Crippen LogP contribution is -2.45. The summed E-state index contributed by atoms with van der Waals surface area (Å²) in [6.45, 7) is 8.48. The Kier molecular flexibility index (Phi) is 8.71. The second-order valence-corrected chi connectivity index (χ2v) is 6.88. The molecule has 0 heterocycles. The van der Waals surface area contributed by atoms with Crippen molar-refractivity contribution in [3.63, 3.8) is 0 Å². The summed E-state index contributed by atoms with van der Waals surface area (Å²) in [6.07, 6.45) is 2.68. The number of aryl methyl sites for hydroxylation is 1. The molecule has 1 aliphatic rings. The molecule has 1 aromatic carbocycles. The Morgan fingerprint density at radius 1 is 1.31 bits per heavy atom. The topological polar surface area (TPSA) is 58.1 Å². The van der Waals surface area contributed by atoms with Crippen LogP contribution in [0.25, 0.3) is 0 Å². The summed E-state index contributed by atoms with van der Waals surface area (Å²) in [6, 6.07) is 8.86. The summed E-state index contributed by atoms with van der Waals surface area (Å²) >= 11 is 0. The van der Waals surface area contributed by atoms with E-state index in [0.717, 1.165) is 44.0 Å². The van der Waals surface area contributed by atoms with Crippen molar-refractivity contribution >= 4 is 5.96 Å². The highest BCUT2D eigenvalue weighted by molar-refractivity contribution is 5.79. The van der Waals surface area contributed by atoms with Gasteiger partial charge in [-0.05, 0) is 44.4 Å². The molecule has 1 aromatic rings. The normalized spacial score (nSPS) is 15.8. The van der Waals surface area contributed by atoms with Gasteiger partial charge in [0.25, 0.3) is 0 Å². The molecule has 1 saturated carbocycles. The Labute approximate surface area is 158 Å². The summed E-state index contributed by atoms with van der Waals surface area (Å²) in [4.78, 5) is 6.79. The van der Waals surface area contributed by atoms with Crippen LogP contribution in [0.3, 0.4) is 0 Å². The largest absolute Gasteiger partial charge is 0.489 e. The van der Waals surface area contributed by atoms with Crippen LogP contribution in [0, 0.1) is 6.92 Å². The molecule has 146 valence electrons. The first-order chi connectivity index (χ1) is 12.6. The van der Waals surface area contributed by atoms with E-state index in [4.69, 9.17) is 9.47 Å². The van der Waals surface area contributed by atoms with Gasteiger partial charge in [-0.3, -0.25) is 9.89 Å². The van der Waals surface area contributed by atoms with Gasteiger partial charge < -0.3 is 20.1 Å². The fraction of sp³-hybridized carbons (Fsp3) is 0.650. The number of nitrogens with one attached hydrogen (secondary N) is 2. The van der Waals surface area contributed by atoms with Gasteiger partial charge >= 0.3 is 0 Å². The number of hydrogen-bond donors (Lipinski definition) is 2. The molecule has 0 spiro atoms. The molecule has 6 heteroatoms. The van der Waals surface area contributed by atoms with E-state index in [9.17, 15) is 0 Å². The molecule has 0 radical (unpaired) electrons. The summed E-state index contributed by atoms with van der Waals surface area (Å²) in [7, 11) is 3.56. The van der Waals surface area contributed by atoms with Gasteiger partial charge in [-0.2, -0.15) is 0 Å². The predicted octanol–water partition coefficient (Wildman–Crippen LogP) is 2.04. The molecular weight excluding hydrogens is 328 g/mol. The maximum absolute atomic E-state index is 5.95. The number of rotatable bonds is 11. The average Bonchev–Trinajstić information content (AvgIpc) is 3.45. The number of nitrogens with zero attached hydrogens (tertiary/aromatic N) is 2. The summed E-state index contributed by atoms with van der Waals surface area (Å²) in [5.41, 5.74) is 1.20. The average molecular weight is 363 g/mol. The van der Waals surface area contributed by atoms with E-state index in [2.05, 4.69) is 46.5 Å². The van der Waals surface area contributed by atoms with Gasteiger partial charge in [0.1, 0.15) is 11.9 Å². The van der Waals surface area contributed by atoms with E-state index in [1.165, 1.54) is 18.4 Å². The molecule has 1 unspecified atom stereocenters. The van der Waals surface area contributed by atoms with Gasteiger partial charge in [-0.25, -0.2) is 0 Å². The minimum Gasteiger partial charge on any atom is -0.489 e. The van der Waals surface area contributed by atoms with E-state index in [0.29, 0.717) is 6.54 Å². The van der Waals surface area contributed by atoms with Crippen molar-refractivity contribution in [1.82, 2.24) is 15.5 Å². The zero-order valence-electron chi connectivity index (χ0n) is 16.6. The fourth-order valence-electron chi connectivity index (χ4n) is 2.87. The molecule has 6 nitrogen and oxygen atoms in total. The molecule has 1 aliphatic carbocycles. The third-order valence-electron chi connectivity index (χ3n) is 4.44. The maximum atomic E-state index is 5.95. The first-order valence-corrected chi connectivity index (χ1v) is 9.53. The van der Waals surface area contributed by atoms with E-state index in [1.54, 1.807) is 14.2 Å². The third-order valence-corrected chi connectivity index (χ3v) is 4.44. The number of guanidine groups is 1. The van der Waals surface area contributed by atoms with E-state index < -0.39 is 0 Å². The number of hydrogen-bond acceptors (Lipinski definition) is 4. The highest BCUT2D eigenvalue weighted by Gasteiger charge is 2.28. The van der Waals surface area contributed by atoms with Crippen LogP contribution >= 0.6 is 0 Å². The zero-order chi connectivity index (χ0) is 18.8. The number of benzene rings is 1. The van der Waals surface area contributed by atoms with Crippen LogP contribution in [-0.2, 0) is 4.74 Å². The van der Waals surface area contributed by atoms with Gasteiger partial charge in [0.15, 0.2) is 5.96 Å². The monoisotopic (exact) mass is 362 g/mol. The molecule has 2 N–H and O–H groups in total.